The Kier molecular flexibility index (Phi) is 4.82. The molecule has 0 saturated heterocycles. The van der Waals surface area contributed by atoms with Gasteiger partial charge >= 0.3 is 5.97 Å². The van der Waals surface area contributed by atoms with E-state index in [0.29, 0.717) is 11.1 Å². The van der Waals surface area contributed by atoms with E-state index in [1.54, 1.807) is 19.9 Å². The van der Waals surface area contributed by atoms with Crippen LogP contribution in [0.15, 0.2) is 12.1 Å². The number of aryl methyl sites for hydroxylation is 2. The van der Waals surface area contributed by atoms with Crippen LogP contribution in [0.4, 0.5) is 5.69 Å². The molecular weight excluding hydrogens is 254 g/mol. The van der Waals surface area contributed by atoms with E-state index in [9.17, 15) is 14.9 Å². The third-order valence-electron chi connectivity index (χ3n) is 2.55. The molecule has 1 unspecified atom stereocenters. The van der Waals surface area contributed by atoms with Crippen LogP contribution >= 0.6 is 0 Å². The zero-order valence-corrected chi connectivity index (χ0v) is 10.9. The van der Waals surface area contributed by atoms with E-state index in [0.717, 1.165) is 0 Å². The summed E-state index contributed by atoms with van der Waals surface area (Å²) in [5, 5.41) is 19.8. The van der Waals surface area contributed by atoms with E-state index in [4.69, 9.17) is 14.6 Å². The molecule has 1 aromatic carbocycles. The first kappa shape index (κ1) is 14.9. The van der Waals surface area contributed by atoms with Crippen LogP contribution in [0.5, 0.6) is 5.75 Å². The van der Waals surface area contributed by atoms with Gasteiger partial charge < -0.3 is 14.6 Å². The third-order valence-corrected chi connectivity index (χ3v) is 2.55. The van der Waals surface area contributed by atoms with E-state index in [1.807, 2.05) is 0 Å². The molecule has 0 heterocycles. The fourth-order valence-electron chi connectivity index (χ4n) is 1.61. The van der Waals surface area contributed by atoms with Crippen LogP contribution in [0.25, 0.3) is 0 Å². The molecule has 0 radical (unpaired) electrons. The summed E-state index contributed by atoms with van der Waals surface area (Å²) >= 11 is 0. The van der Waals surface area contributed by atoms with Crippen molar-refractivity contribution in [3.05, 3.63) is 33.4 Å². The van der Waals surface area contributed by atoms with Gasteiger partial charge in [-0.05, 0) is 25.5 Å². The second kappa shape index (κ2) is 6.14. The Bertz CT molecular complexity index is 499. The summed E-state index contributed by atoms with van der Waals surface area (Å²) in [5.74, 6) is -1.02. The van der Waals surface area contributed by atoms with Crippen molar-refractivity contribution in [2.24, 2.45) is 0 Å². The Morgan fingerprint density at radius 2 is 2.05 bits per heavy atom. The molecule has 7 nitrogen and oxygen atoms in total. The van der Waals surface area contributed by atoms with Gasteiger partial charge in [0.15, 0.2) is 0 Å². The maximum atomic E-state index is 11.0. The SMILES string of the molecule is COCC(Oc1cc([N+](=O)[O-])c(C)cc1C)C(=O)O. The van der Waals surface area contributed by atoms with Gasteiger partial charge in [0.1, 0.15) is 5.75 Å². The minimum atomic E-state index is -1.20. The lowest BCUT2D eigenvalue weighted by Gasteiger charge is -2.16. The average Bonchev–Trinajstić information content (AvgIpc) is 2.30. The van der Waals surface area contributed by atoms with Crippen LogP contribution in [0, 0.1) is 24.0 Å². The van der Waals surface area contributed by atoms with Crippen molar-refractivity contribution in [3.63, 3.8) is 0 Å². The van der Waals surface area contributed by atoms with Crippen molar-refractivity contribution < 1.29 is 24.3 Å². The van der Waals surface area contributed by atoms with E-state index >= 15 is 0 Å². The van der Waals surface area contributed by atoms with Crippen molar-refractivity contribution in [1.82, 2.24) is 0 Å². The highest BCUT2D eigenvalue weighted by Gasteiger charge is 2.22. The fraction of sp³-hybridized carbons (Fsp3) is 0.417. The zero-order valence-electron chi connectivity index (χ0n) is 10.9. The van der Waals surface area contributed by atoms with Crippen LogP contribution in [-0.2, 0) is 9.53 Å². The molecule has 0 fully saturated rings. The van der Waals surface area contributed by atoms with Gasteiger partial charge in [-0.25, -0.2) is 4.79 Å². The van der Waals surface area contributed by atoms with Crippen molar-refractivity contribution in [2.45, 2.75) is 20.0 Å². The van der Waals surface area contributed by atoms with Crippen molar-refractivity contribution in [2.75, 3.05) is 13.7 Å². The van der Waals surface area contributed by atoms with Gasteiger partial charge in [0, 0.05) is 12.7 Å². The summed E-state index contributed by atoms with van der Waals surface area (Å²) in [5.41, 5.74) is 1.01. The summed E-state index contributed by atoms with van der Waals surface area (Å²) < 4.78 is 10.0. The summed E-state index contributed by atoms with van der Waals surface area (Å²) in [4.78, 5) is 21.3. The number of nitro benzene ring substituents is 1. The zero-order chi connectivity index (χ0) is 14.6. The number of nitro groups is 1. The summed E-state index contributed by atoms with van der Waals surface area (Å²) in [6, 6.07) is 2.81. The molecule has 0 aliphatic rings. The Morgan fingerprint density at radius 3 is 2.53 bits per heavy atom. The van der Waals surface area contributed by atoms with Crippen LogP contribution in [-0.4, -0.2) is 35.8 Å². The van der Waals surface area contributed by atoms with Crippen LogP contribution in [0.1, 0.15) is 11.1 Å². The summed E-state index contributed by atoms with van der Waals surface area (Å²) in [6.45, 7) is 3.16. The normalized spacial score (nSPS) is 11.9. The molecule has 1 rings (SSSR count). The van der Waals surface area contributed by atoms with Gasteiger partial charge in [-0.3, -0.25) is 10.1 Å². The molecule has 0 aliphatic carbocycles. The molecule has 0 bridgehead atoms. The predicted molar refractivity (Wildman–Crippen MR) is 66.5 cm³/mol. The lowest BCUT2D eigenvalue weighted by Crippen LogP contribution is -2.31. The Morgan fingerprint density at radius 1 is 1.42 bits per heavy atom. The molecule has 0 spiro atoms. The highest BCUT2D eigenvalue weighted by atomic mass is 16.6. The number of benzene rings is 1. The molecule has 104 valence electrons. The summed E-state index contributed by atoms with van der Waals surface area (Å²) in [6.07, 6.45) is -1.20. The lowest BCUT2D eigenvalue weighted by molar-refractivity contribution is -0.385. The van der Waals surface area contributed by atoms with E-state index in [2.05, 4.69) is 0 Å². The third kappa shape index (κ3) is 3.65. The number of nitrogens with zero attached hydrogens (tertiary/aromatic N) is 1. The topological polar surface area (TPSA) is 98.9 Å². The molecule has 1 aromatic rings. The Hall–Kier alpha value is -2.15. The Labute approximate surface area is 109 Å². The number of ether oxygens (including phenoxy) is 2. The molecule has 7 heteroatoms. The van der Waals surface area contributed by atoms with E-state index in [-0.39, 0.29) is 18.0 Å². The van der Waals surface area contributed by atoms with Gasteiger partial charge in [-0.1, -0.05) is 0 Å². The van der Waals surface area contributed by atoms with Crippen LogP contribution in [0.2, 0.25) is 0 Å². The van der Waals surface area contributed by atoms with Gasteiger partial charge in [0.05, 0.1) is 17.6 Å². The number of carboxylic acids is 1. The van der Waals surface area contributed by atoms with Crippen molar-refractivity contribution in [3.8, 4) is 5.75 Å². The maximum absolute atomic E-state index is 11.0. The average molecular weight is 269 g/mol. The fourth-order valence-corrected chi connectivity index (χ4v) is 1.61. The van der Waals surface area contributed by atoms with Crippen molar-refractivity contribution >= 4 is 11.7 Å². The number of carbonyl (C=O) groups is 1. The number of hydrogen-bond acceptors (Lipinski definition) is 5. The number of methoxy groups -OCH3 is 1. The minimum absolute atomic E-state index is 0.109. The first-order chi connectivity index (χ1) is 8.86. The summed E-state index contributed by atoms with van der Waals surface area (Å²) in [7, 11) is 1.35. The smallest absolute Gasteiger partial charge is 0.347 e. The standard InChI is InChI=1S/C12H15NO6/c1-7-4-8(2)10(5-9(7)13(16)17)19-11(6-18-3)12(14)15/h4-5,11H,6H2,1-3H3,(H,14,15). The largest absolute Gasteiger partial charge is 0.478 e. The highest BCUT2D eigenvalue weighted by Crippen LogP contribution is 2.28. The number of rotatable bonds is 6. The molecule has 0 aromatic heterocycles. The molecule has 0 amide bonds. The highest BCUT2D eigenvalue weighted by molar-refractivity contribution is 5.73. The van der Waals surface area contributed by atoms with Crippen LogP contribution in [0.3, 0.4) is 0 Å². The number of carboxylic acid groups (broad SMARTS) is 1. The maximum Gasteiger partial charge on any atom is 0.347 e. The van der Waals surface area contributed by atoms with Gasteiger partial charge in [-0.2, -0.15) is 0 Å². The van der Waals surface area contributed by atoms with E-state index < -0.39 is 17.0 Å². The van der Waals surface area contributed by atoms with Gasteiger partial charge in [0.25, 0.3) is 5.69 Å². The lowest BCUT2D eigenvalue weighted by atomic mass is 10.1. The van der Waals surface area contributed by atoms with Crippen LogP contribution < -0.4 is 4.74 Å². The second-order valence-corrected chi connectivity index (χ2v) is 4.06. The predicted octanol–water partition coefficient (Wildman–Crippen LogP) is 1.69. The quantitative estimate of drug-likeness (QED) is 0.623. The first-order valence-corrected chi connectivity index (χ1v) is 5.50. The molecule has 0 aliphatic heterocycles. The van der Waals surface area contributed by atoms with Gasteiger partial charge in [-0.15, -0.1) is 0 Å². The molecule has 19 heavy (non-hydrogen) atoms. The molecular formula is C12H15NO6. The number of hydrogen-bond donors (Lipinski definition) is 1. The Balaban J connectivity index is 3.09. The molecule has 0 saturated carbocycles. The number of aliphatic carboxylic acids is 1. The molecule has 1 atom stereocenters. The van der Waals surface area contributed by atoms with Crippen molar-refractivity contribution in [1.29, 1.82) is 0 Å². The minimum Gasteiger partial charge on any atom is -0.478 e. The van der Waals surface area contributed by atoms with Gasteiger partial charge in [0.2, 0.25) is 6.10 Å². The van der Waals surface area contributed by atoms with E-state index in [1.165, 1.54) is 13.2 Å². The second-order valence-electron chi connectivity index (χ2n) is 4.06. The molecule has 1 N–H and O–H groups in total. The monoisotopic (exact) mass is 269 g/mol. The first-order valence-electron chi connectivity index (χ1n) is 5.50.